The second-order valence-electron chi connectivity index (χ2n) is 9.07. The topological polar surface area (TPSA) is 78.7 Å². The quantitative estimate of drug-likeness (QED) is 0.481. The normalized spacial score (nSPS) is 21.2. The number of ether oxygens (including phenoxy) is 3. The fraction of sp³-hybridized carbons (Fsp3) is 0.375. The predicted molar refractivity (Wildman–Crippen MR) is 120 cm³/mol. The van der Waals surface area contributed by atoms with Crippen molar-refractivity contribution in [1.82, 2.24) is 14.5 Å². The first-order valence-electron chi connectivity index (χ1n) is 11.2. The number of benzene rings is 1. The molecule has 1 aromatic carbocycles. The molecule has 0 spiro atoms. The van der Waals surface area contributed by atoms with Crippen molar-refractivity contribution in [3.8, 4) is 17.4 Å². The molecule has 0 bridgehead atoms. The number of alkyl halides is 3. The van der Waals surface area contributed by atoms with Crippen molar-refractivity contribution in [1.29, 1.82) is 0 Å². The summed E-state index contributed by atoms with van der Waals surface area (Å²) in [6.07, 6.45) is -3.67. The highest BCUT2D eigenvalue weighted by molar-refractivity contribution is 5.50. The molecule has 3 aromatic rings. The van der Waals surface area contributed by atoms with Crippen molar-refractivity contribution < 1.29 is 31.8 Å². The van der Waals surface area contributed by atoms with Crippen molar-refractivity contribution >= 4 is 5.82 Å². The van der Waals surface area contributed by atoms with Crippen LogP contribution in [0.5, 0.6) is 17.4 Å². The molecule has 2 aromatic heterocycles. The van der Waals surface area contributed by atoms with Gasteiger partial charge in [0.15, 0.2) is 0 Å². The number of nitrogens with zero attached hydrogens (tertiary/aromatic N) is 4. The molecule has 1 fully saturated rings. The molecule has 2 aliphatic heterocycles. The molecule has 8 nitrogen and oxygen atoms in total. The molecule has 2 aliphatic rings. The first-order valence-corrected chi connectivity index (χ1v) is 11.2. The van der Waals surface area contributed by atoms with Crippen LogP contribution in [0, 0.1) is 5.82 Å². The summed E-state index contributed by atoms with van der Waals surface area (Å²) < 4.78 is 71.5. The molecule has 5 rings (SSSR count). The summed E-state index contributed by atoms with van der Waals surface area (Å²) >= 11 is 0. The van der Waals surface area contributed by atoms with E-state index in [0.29, 0.717) is 25.5 Å². The number of fused-ring (bicyclic) bond motifs is 3. The lowest BCUT2D eigenvalue weighted by Gasteiger charge is -2.42. The van der Waals surface area contributed by atoms with Crippen LogP contribution in [0.2, 0.25) is 0 Å². The Kier molecular flexibility index (Phi) is 5.86. The van der Waals surface area contributed by atoms with Gasteiger partial charge in [0.2, 0.25) is 5.88 Å². The number of aromatic nitrogens is 3. The number of hydrogen-bond acceptors (Lipinski definition) is 7. The van der Waals surface area contributed by atoms with Crippen LogP contribution in [-0.4, -0.2) is 39.3 Å². The third kappa shape index (κ3) is 4.60. The first kappa shape index (κ1) is 24.0. The minimum Gasteiger partial charge on any atom is -0.472 e. The minimum atomic E-state index is -4.63. The van der Waals surface area contributed by atoms with Gasteiger partial charge in [0.25, 0.3) is 0 Å². The highest BCUT2D eigenvalue weighted by Gasteiger charge is 2.45. The zero-order chi connectivity index (χ0) is 25.7. The summed E-state index contributed by atoms with van der Waals surface area (Å²) in [6.45, 7) is 5.28. The van der Waals surface area contributed by atoms with Crippen molar-refractivity contribution in [2.45, 2.75) is 44.8 Å². The third-order valence-electron chi connectivity index (χ3n) is 6.17. The number of halogens is 4. The molecule has 0 aliphatic carbocycles. The Hall–Kier alpha value is -3.67. The number of pyridine rings is 1. The Bertz CT molecular complexity index is 1360. The minimum absolute atomic E-state index is 0.000657. The van der Waals surface area contributed by atoms with Crippen LogP contribution < -0.4 is 20.1 Å². The summed E-state index contributed by atoms with van der Waals surface area (Å²) in [4.78, 5) is 22.0. The van der Waals surface area contributed by atoms with Crippen LogP contribution in [0.15, 0.2) is 47.4 Å². The zero-order valence-electron chi connectivity index (χ0n) is 19.4. The Labute approximate surface area is 203 Å². The second-order valence-corrected chi connectivity index (χ2v) is 9.07. The lowest BCUT2D eigenvalue weighted by molar-refractivity contribution is -0.141. The van der Waals surface area contributed by atoms with Crippen molar-refractivity contribution in [2.24, 2.45) is 0 Å². The Morgan fingerprint density at radius 3 is 2.72 bits per heavy atom. The SMILES string of the molecule is C[C@H]1CN2c3cc(OCc4ccc(Oc5ccnc(C(F)(F)F)c5)cc4F)nc(=O)n3C[C@]2(C)CO1. The Morgan fingerprint density at radius 1 is 1.19 bits per heavy atom. The standard InChI is InChI=1S/C24H22F4N4O4/c1-14-10-32-21-9-20(30-22(33)31(21)12-23(32,2)13-35-14)34-11-15-3-4-16(7-18(15)25)36-17-5-6-29-19(8-17)24(26,27)28/h3-9,14H,10-13H2,1-2H3/t14-,23+/m0/s1. The third-order valence-corrected chi connectivity index (χ3v) is 6.17. The number of anilines is 1. The highest BCUT2D eigenvalue weighted by Crippen LogP contribution is 2.37. The molecule has 0 amide bonds. The van der Waals surface area contributed by atoms with Gasteiger partial charge in [0.05, 0.1) is 24.8 Å². The number of hydrogen-bond donors (Lipinski definition) is 0. The largest absolute Gasteiger partial charge is 0.472 e. The molecule has 36 heavy (non-hydrogen) atoms. The first-order chi connectivity index (χ1) is 17.0. The second kappa shape index (κ2) is 8.77. The van der Waals surface area contributed by atoms with E-state index in [2.05, 4.69) is 14.9 Å². The summed E-state index contributed by atoms with van der Waals surface area (Å²) in [7, 11) is 0. The molecule has 12 heteroatoms. The van der Waals surface area contributed by atoms with E-state index in [4.69, 9.17) is 14.2 Å². The maximum atomic E-state index is 14.7. The fourth-order valence-electron chi connectivity index (χ4n) is 4.32. The van der Waals surface area contributed by atoms with E-state index < -0.39 is 23.4 Å². The van der Waals surface area contributed by atoms with Gasteiger partial charge in [-0.25, -0.2) is 9.18 Å². The van der Waals surface area contributed by atoms with Crippen LogP contribution in [0.1, 0.15) is 25.1 Å². The maximum Gasteiger partial charge on any atom is 0.433 e. The Morgan fingerprint density at radius 2 is 1.97 bits per heavy atom. The lowest BCUT2D eigenvalue weighted by Crippen LogP contribution is -2.55. The van der Waals surface area contributed by atoms with Crippen molar-refractivity contribution in [3.05, 3.63) is 70.2 Å². The average Bonchev–Trinajstić information content (AvgIpc) is 3.11. The van der Waals surface area contributed by atoms with Gasteiger partial charge in [-0.15, -0.1) is 0 Å². The van der Waals surface area contributed by atoms with E-state index in [1.807, 2.05) is 13.8 Å². The molecule has 4 heterocycles. The van der Waals surface area contributed by atoms with Crippen LogP contribution >= 0.6 is 0 Å². The summed E-state index contributed by atoms with van der Waals surface area (Å²) in [5, 5.41) is 0. The summed E-state index contributed by atoms with van der Waals surface area (Å²) in [6, 6.07) is 7.45. The van der Waals surface area contributed by atoms with E-state index in [-0.39, 0.29) is 41.2 Å². The number of morpholine rings is 1. The van der Waals surface area contributed by atoms with Gasteiger partial charge in [-0.2, -0.15) is 18.2 Å². The molecule has 0 N–H and O–H groups in total. The van der Waals surface area contributed by atoms with Crippen LogP contribution in [0.4, 0.5) is 23.4 Å². The van der Waals surface area contributed by atoms with E-state index in [0.717, 1.165) is 18.3 Å². The van der Waals surface area contributed by atoms with Crippen LogP contribution in [-0.2, 0) is 24.1 Å². The average molecular weight is 506 g/mol. The van der Waals surface area contributed by atoms with Gasteiger partial charge < -0.3 is 19.1 Å². The molecule has 190 valence electrons. The van der Waals surface area contributed by atoms with E-state index >= 15 is 0 Å². The van der Waals surface area contributed by atoms with Gasteiger partial charge in [0.1, 0.15) is 35.4 Å². The summed E-state index contributed by atoms with van der Waals surface area (Å²) in [5.41, 5.74) is -1.79. The van der Waals surface area contributed by atoms with Crippen LogP contribution in [0.3, 0.4) is 0 Å². The van der Waals surface area contributed by atoms with Crippen LogP contribution in [0.25, 0.3) is 0 Å². The molecule has 2 atom stereocenters. The smallest absolute Gasteiger partial charge is 0.433 e. The highest BCUT2D eigenvalue weighted by atomic mass is 19.4. The van der Waals surface area contributed by atoms with E-state index in [1.165, 1.54) is 18.2 Å². The number of rotatable bonds is 5. The molecule has 1 saturated heterocycles. The van der Waals surface area contributed by atoms with Crippen molar-refractivity contribution in [3.63, 3.8) is 0 Å². The maximum absolute atomic E-state index is 14.7. The molecule has 0 saturated carbocycles. The van der Waals surface area contributed by atoms with Gasteiger partial charge >= 0.3 is 11.9 Å². The van der Waals surface area contributed by atoms with Gasteiger partial charge in [-0.3, -0.25) is 9.55 Å². The van der Waals surface area contributed by atoms with E-state index in [9.17, 15) is 22.4 Å². The predicted octanol–water partition coefficient (Wildman–Crippen LogP) is 4.16. The Balaban J connectivity index is 1.30. The van der Waals surface area contributed by atoms with Gasteiger partial charge in [-0.05, 0) is 32.0 Å². The van der Waals surface area contributed by atoms with E-state index in [1.54, 1.807) is 10.6 Å². The molecular formula is C24H22F4N4O4. The fourth-order valence-corrected chi connectivity index (χ4v) is 4.32. The molecule has 0 unspecified atom stereocenters. The summed E-state index contributed by atoms with van der Waals surface area (Å²) in [5.74, 6) is -0.0866. The van der Waals surface area contributed by atoms with Gasteiger partial charge in [-0.1, -0.05) is 0 Å². The molecule has 0 radical (unpaired) electrons. The molecular weight excluding hydrogens is 484 g/mol. The van der Waals surface area contributed by atoms with Gasteiger partial charge in [0, 0.05) is 36.5 Å². The zero-order valence-corrected chi connectivity index (χ0v) is 19.4. The van der Waals surface area contributed by atoms with Crippen molar-refractivity contribution in [2.75, 3.05) is 18.1 Å². The monoisotopic (exact) mass is 506 g/mol. The lowest BCUT2D eigenvalue weighted by atomic mass is 10.0.